The van der Waals surface area contributed by atoms with Gasteiger partial charge in [0.15, 0.2) is 5.78 Å². The van der Waals surface area contributed by atoms with E-state index in [1.54, 1.807) is 18.2 Å². The number of fused-ring (bicyclic) bond motifs is 5. The van der Waals surface area contributed by atoms with E-state index in [4.69, 9.17) is 4.74 Å². The van der Waals surface area contributed by atoms with Gasteiger partial charge in [0.2, 0.25) is 0 Å². The molecule has 6 N–H and O–H groups in total. The number of epoxide rings is 1. The Bertz CT molecular complexity index is 1320. The molecule has 6 rings (SSSR count). The summed E-state index contributed by atoms with van der Waals surface area (Å²) in [6, 6.07) is 7.14. The van der Waals surface area contributed by atoms with Crippen molar-refractivity contribution < 1.29 is 40.2 Å². The van der Waals surface area contributed by atoms with E-state index in [0.29, 0.717) is 50.0 Å². The molecule has 4 fully saturated rings. The second kappa shape index (κ2) is 10.6. The molecule has 5 aliphatic rings. The average Bonchev–Trinajstić information content (AvgIpc) is 3.71. The Hall–Kier alpha value is -1.81. The van der Waals surface area contributed by atoms with Gasteiger partial charge >= 0.3 is 0 Å². The fourth-order valence-corrected chi connectivity index (χ4v) is 10.7. The van der Waals surface area contributed by atoms with E-state index >= 15 is 0 Å². The van der Waals surface area contributed by atoms with Crippen LogP contribution >= 0.6 is 0 Å². The highest BCUT2D eigenvalue weighted by molar-refractivity contribution is 5.98. The van der Waals surface area contributed by atoms with Gasteiger partial charge in [0.05, 0.1) is 41.5 Å². The van der Waals surface area contributed by atoms with Gasteiger partial charge in [-0.25, -0.2) is 0 Å². The number of aliphatic hydroxyl groups is 5. The van der Waals surface area contributed by atoms with Gasteiger partial charge in [-0.2, -0.15) is 0 Å². The molecule has 244 valence electrons. The van der Waals surface area contributed by atoms with Crippen molar-refractivity contribution >= 4 is 5.78 Å². The molecule has 12 atom stereocenters. The van der Waals surface area contributed by atoms with E-state index in [9.17, 15) is 35.4 Å². The van der Waals surface area contributed by atoms with Crippen LogP contribution in [0.15, 0.2) is 35.9 Å². The number of carbonyl (C=O) groups is 1. The normalized spacial score (nSPS) is 45.2. The maximum Gasteiger partial charge on any atom is 0.164 e. The van der Waals surface area contributed by atoms with Crippen molar-refractivity contribution in [1.82, 2.24) is 0 Å². The highest BCUT2D eigenvalue weighted by atomic mass is 16.6. The largest absolute Gasteiger partial charge is 0.508 e. The lowest BCUT2D eigenvalue weighted by molar-refractivity contribution is -0.195. The Labute approximate surface area is 261 Å². The van der Waals surface area contributed by atoms with E-state index in [-0.39, 0.29) is 54.3 Å². The van der Waals surface area contributed by atoms with Crippen molar-refractivity contribution in [2.45, 2.75) is 122 Å². The van der Waals surface area contributed by atoms with Crippen molar-refractivity contribution in [3.05, 3.63) is 41.5 Å². The molecule has 1 aromatic carbocycles. The predicted octanol–water partition coefficient (Wildman–Crippen LogP) is 3.68. The predicted molar refractivity (Wildman–Crippen MR) is 165 cm³/mol. The van der Waals surface area contributed by atoms with E-state index < -0.39 is 46.3 Å². The molecule has 1 aromatic rings. The molecule has 4 aliphatic carbocycles. The molecule has 44 heavy (non-hydrogen) atoms. The summed E-state index contributed by atoms with van der Waals surface area (Å²) >= 11 is 0. The van der Waals surface area contributed by atoms with Crippen LogP contribution in [-0.4, -0.2) is 78.6 Å². The number of ether oxygens (including phenoxy) is 1. The van der Waals surface area contributed by atoms with Gasteiger partial charge in [-0.1, -0.05) is 39.8 Å². The first-order valence-corrected chi connectivity index (χ1v) is 16.7. The fourth-order valence-electron chi connectivity index (χ4n) is 10.7. The molecular weight excluding hydrogens is 560 g/mol. The van der Waals surface area contributed by atoms with Crippen LogP contribution in [0.1, 0.15) is 85.1 Å². The minimum absolute atomic E-state index is 0.0207. The number of aryl methyl sites for hydroxylation is 1. The van der Waals surface area contributed by atoms with Gasteiger partial charge in [0, 0.05) is 5.41 Å². The van der Waals surface area contributed by atoms with Crippen molar-refractivity contribution in [1.29, 1.82) is 0 Å². The molecule has 0 spiro atoms. The summed E-state index contributed by atoms with van der Waals surface area (Å²) in [6.45, 7) is 9.84. The third-order valence-electron chi connectivity index (χ3n) is 13.7. The van der Waals surface area contributed by atoms with E-state index in [1.165, 1.54) is 0 Å². The lowest BCUT2D eigenvalue weighted by Gasteiger charge is -2.64. The monoisotopic (exact) mass is 612 g/mol. The van der Waals surface area contributed by atoms with Crippen molar-refractivity contribution in [2.24, 2.45) is 39.9 Å². The maximum atomic E-state index is 14.1. The summed E-state index contributed by atoms with van der Waals surface area (Å²) in [7, 11) is 0. The minimum atomic E-state index is -1.39. The number of hydrogen-bond acceptors (Lipinski definition) is 8. The quantitative estimate of drug-likeness (QED) is 0.243. The highest BCUT2D eigenvalue weighted by Gasteiger charge is 2.74. The standard InChI is InChI=1S/C36H52O8/c1-20(2)21(3)30-31(44-30)33(5,42)28-11-14-36(43)25-16-29(41)35(19-37)18-27(40)26(39)17-32(35,4)24(25)10-13-34(28,36)12-9-22-7-6-8-23(38)15-22/h6-8,15-16,20-21,24,26-28,30-31,37-40,42-43H,9-14,17-19H2,1-5H3/t21-,24-,26+,27-,28+,30-,31-,32-,33-,34-,35+,36+/m1/s1. The number of hydrogen-bond donors (Lipinski definition) is 6. The van der Waals surface area contributed by atoms with Gasteiger partial charge in [0.1, 0.15) is 11.9 Å². The SMILES string of the molecule is CC(C)[C@@H](C)[C@H]1O[C@H]1[C@](C)(O)[C@@H]1CC[C@]2(O)C3=CC(=O)[C@@]4(CO)C[C@@H](O)[C@@H](O)C[C@]4(C)[C@@H]3CC[C@]12CCc1cccc(O)c1. The molecule has 1 saturated heterocycles. The number of carbonyl (C=O) groups excluding carboxylic acids is 1. The minimum Gasteiger partial charge on any atom is -0.508 e. The van der Waals surface area contributed by atoms with Crippen LogP contribution in [0, 0.1) is 39.9 Å². The Morgan fingerprint density at radius 2 is 1.80 bits per heavy atom. The van der Waals surface area contributed by atoms with Crippen LogP contribution in [0.2, 0.25) is 0 Å². The van der Waals surface area contributed by atoms with Gasteiger partial charge in [-0.3, -0.25) is 4.79 Å². The van der Waals surface area contributed by atoms with Crippen molar-refractivity contribution in [3.8, 4) is 5.75 Å². The van der Waals surface area contributed by atoms with Gasteiger partial charge < -0.3 is 35.4 Å². The Morgan fingerprint density at radius 3 is 2.45 bits per heavy atom. The second-order valence-electron chi connectivity index (χ2n) is 15.9. The van der Waals surface area contributed by atoms with E-state index in [2.05, 4.69) is 20.8 Å². The number of phenolic OH excluding ortho intramolecular Hbond substituents is 1. The zero-order valence-corrected chi connectivity index (χ0v) is 26.9. The average molecular weight is 613 g/mol. The van der Waals surface area contributed by atoms with E-state index in [0.717, 1.165) is 5.56 Å². The number of aliphatic hydroxyl groups excluding tert-OH is 3. The lowest BCUT2D eigenvalue weighted by atomic mass is 9.40. The summed E-state index contributed by atoms with van der Waals surface area (Å²) in [5.74, 6) is -0.0419. The Kier molecular flexibility index (Phi) is 7.75. The topological polar surface area (TPSA) is 151 Å². The number of benzene rings is 1. The first kappa shape index (κ1) is 32.1. The number of allylic oxidation sites excluding steroid dienone is 1. The van der Waals surface area contributed by atoms with Crippen LogP contribution in [-0.2, 0) is 16.0 Å². The molecule has 0 radical (unpaired) electrons. The van der Waals surface area contributed by atoms with Crippen LogP contribution in [0.3, 0.4) is 0 Å². The fraction of sp³-hybridized carbons (Fsp3) is 0.750. The molecule has 8 heteroatoms. The molecule has 1 heterocycles. The Morgan fingerprint density at radius 1 is 1.09 bits per heavy atom. The third kappa shape index (κ3) is 4.34. The first-order valence-electron chi connectivity index (χ1n) is 16.7. The van der Waals surface area contributed by atoms with Crippen LogP contribution in [0.5, 0.6) is 5.75 Å². The molecule has 0 aromatic heterocycles. The second-order valence-corrected chi connectivity index (χ2v) is 15.9. The zero-order chi connectivity index (χ0) is 32.0. The van der Waals surface area contributed by atoms with Gasteiger partial charge in [-0.05, 0) is 117 Å². The summed E-state index contributed by atoms with van der Waals surface area (Å²) in [5.41, 5.74) is -3.88. The molecule has 3 saturated carbocycles. The number of rotatable bonds is 8. The smallest absolute Gasteiger partial charge is 0.164 e. The molecule has 0 bridgehead atoms. The lowest BCUT2D eigenvalue weighted by Crippen LogP contribution is -2.67. The van der Waals surface area contributed by atoms with Crippen LogP contribution in [0.4, 0.5) is 0 Å². The number of ketones is 1. The molecule has 8 nitrogen and oxygen atoms in total. The summed E-state index contributed by atoms with van der Waals surface area (Å²) in [5, 5.41) is 67.8. The van der Waals surface area contributed by atoms with Crippen LogP contribution < -0.4 is 0 Å². The summed E-state index contributed by atoms with van der Waals surface area (Å²) in [4.78, 5) is 14.1. The molecule has 0 unspecified atom stereocenters. The van der Waals surface area contributed by atoms with E-state index in [1.807, 2.05) is 26.0 Å². The molecule has 1 aliphatic heterocycles. The maximum absolute atomic E-state index is 14.1. The van der Waals surface area contributed by atoms with Crippen LogP contribution in [0.25, 0.3) is 0 Å². The molecular formula is C36H52O8. The Balaban J connectivity index is 1.43. The van der Waals surface area contributed by atoms with Crippen molar-refractivity contribution in [2.75, 3.05) is 6.61 Å². The number of aromatic hydroxyl groups is 1. The highest BCUT2D eigenvalue weighted by Crippen LogP contribution is 2.72. The third-order valence-corrected chi connectivity index (χ3v) is 13.7. The number of phenols is 1. The summed E-state index contributed by atoms with van der Waals surface area (Å²) < 4.78 is 6.20. The molecule has 0 amide bonds. The van der Waals surface area contributed by atoms with Gasteiger partial charge in [-0.15, -0.1) is 0 Å². The zero-order valence-electron chi connectivity index (χ0n) is 26.9. The van der Waals surface area contributed by atoms with Crippen molar-refractivity contribution in [3.63, 3.8) is 0 Å². The van der Waals surface area contributed by atoms with Gasteiger partial charge in [0.25, 0.3) is 0 Å². The summed E-state index contributed by atoms with van der Waals surface area (Å²) in [6.07, 6.45) is 2.43. The first-order chi connectivity index (χ1) is 20.6.